The van der Waals surface area contributed by atoms with Crippen molar-refractivity contribution in [3.63, 3.8) is 0 Å². The molecule has 0 fully saturated rings. The zero-order valence-electron chi connectivity index (χ0n) is 13.3. The van der Waals surface area contributed by atoms with Gasteiger partial charge in [0.05, 0.1) is 5.69 Å². The lowest BCUT2D eigenvalue weighted by Gasteiger charge is -1.98. The van der Waals surface area contributed by atoms with Gasteiger partial charge in [0.2, 0.25) is 11.8 Å². The Morgan fingerprint density at radius 2 is 1.81 bits per heavy atom. The van der Waals surface area contributed by atoms with Gasteiger partial charge in [-0.15, -0.1) is 0 Å². The van der Waals surface area contributed by atoms with E-state index in [0.717, 1.165) is 11.1 Å². The van der Waals surface area contributed by atoms with Gasteiger partial charge in [-0.3, -0.25) is 19.8 Å². The van der Waals surface area contributed by atoms with Crippen molar-refractivity contribution in [3.8, 4) is 17.3 Å². The molecule has 2 aromatic heterocycles. The van der Waals surface area contributed by atoms with E-state index in [-0.39, 0.29) is 5.56 Å². The van der Waals surface area contributed by atoms with E-state index < -0.39 is 17.1 Å². The van der Waals surface area contributed by atoms with Crippen molar-refractivity contribution in [3.05, 3.63) is 74.9 Å². The zero-order valence-corrected chi connectivity index (χ0v) is 13.3. The summed E-state index contributed by atoms with van der Waals surface area (Å²) in [4.78, 5) is 35.4. The molecule has 0 aliphatic heterocycles. The maximum Gasteiger partial charge on any atom is 0.328 e. The van der Waals surface area contributed by atoms with Gasteiger partial charge in [-0.2, -0.15) is 0 Å². The van der Waals surface area contributed by atoms with E-state index in [1.54, 1.807) is 24.3 Å². The molecule has 8 heteroatoms. The number of aromatic hydroxyl groups is 1. The van der Waals surface area contributed by atoms with Crippen molar-refractivity contribution in [1.82, 2.24) is 15.0 Å². The Morgan fingerprint density at radius 3 is 2.54 bits per heavy atom. The normalized spacial score (nSPS) is 11.4. The van der Waals surface area contributed by atoms with E-state index in [1.165, 1.54) is 6.21 Å². The van der Waals surface area contributed by atoms with Crippen LogP contribution in [0.25, 0.3) is 22.6 Å². The Hall–Kier alpha value is -3.94. The van der Waals surface area contributed by atoms with Crippen LogP contribution in [0.3, 0.4) is 0 Å². The van der Waals surface area contributed by atoms with Crippen LogP contribution in [0.4, 0.5) is 5.69 Å². The van der Waals surface area contributed by atoms with Crippen LogP contribution in [0.5, 0.6) is 5.88 Å². The summed E-state index contributed by atoms with van der Waals surface area (Å²) in [5.74, 6) is -0.0398. The fourth-order valence-corrected chi connectivity index (χ4v) is 2.43. The average Bonchev–Trinajstić information content (AvgIpc) is 3.05. The lowest BCUT2D eigenvalue weighted by Crippen LogP contribution is -2.24. The predicted octanol–water partition coefficient (Wildman–Crippen LogP) is 2.33. The van der Waals surface area contributed by atoms with Gasteiger partial charge in [-0.25, -0.2) is 9.78 Å². The highest BCUT2D eigenvalue weighted by Gasteiger charge is 2.08. The molecule has 0 unspecified atom stereocenters. The molecular formula is C18H12N4O4. The van der Waals surface area contributed by atoms with Gasteiger partial charge in [0.25, 0.3) is 5.56 Å². The molecule has 0 aliphatic rings. The summed E-state index contributed by atoms with van der Waals surface area (Å²) in [5.41, 5.74) is 1.17. The van der Waals surface area contributed by atoms with Gasteiger partial charge >= 0.3 is 5.69 Å². The third-order valence-electron chi connectivity index (χ3n) is 3.71. The second-order valence-electron chi connectivity index (χ2n) is 5.46. The zero-order chi connectivity index (χ0) is 18.1. The van der Waals surface area contributed by atoms with Crippen molar-refractivity contribution in [2.75, 3.05) is 0 Å². The molecule has 26 heavy (non-hydrogen) atoms. The van der Waals surface area contributed by atoms with Crippen LogP contribution in [0.15, 0.2) is 67.5 Å². The Balaban J connectivity index is 1.62. The number of rotatable bonds is 3. The molecule has 2 heterocycles. The van der Waals surface area contributed by atoms with Crippen molar-refractivity contribution >= 4 is 23.0 Å². The quantitative estimate of drug-likeness (QED) is 0.490. The average molecular weight is 348 g/mol. The van der Waals surface area contributed by atoms with E-state index in [9.17, 15) is 14.7 Å². The van der Waals surface area contributed by atoms with Gasteiger partial charge < -0.3 is 9.52 Å². The van der Waals surface area contributed by atoms with Crippen molar-refractivity contribution in [2.24, 2.45) is 4.99 Å². The summed E-state index contributed by atoms with van der Waals surface area (Å²) in [6.45, 7) is 0. The molecule has 128 valence electrons. The number of aromatic nitrogens is 3. The highest BCUT2D eigenvalue weighted by Crippen LogP contribution is 2.25. The molecule has 0 radical (unpaired) electrons. The first kappa shape index (κ1) is 15.6. The Morgan fingerprint density at radius 1 is 1.04 bits per heavy atom. The Kier molecular flexibility index (Phi) is 3.70. The predicted molar refractivity (Wildman–Crippen MR) is 96.0 cm³/mol. The maximum absolute atomic E-state index is 11.7. The van der Waals surface area contributed by atoms with E-state index in [1.807, 2.05) is 29.2 Å². The molecule has 0 saturated heterocycles. The molecule has 0 spiro atoms. The van der Waals surface area contributed by atoms with Crippen LogP contribution in [0.2, 0.25) is 0 Å². The van der Waals surface area contributed by atoms with Gasteiger partial charge in [0, 0.05) is 11.8 Å². The maximum atomic E-state index is 11.7. The smallest absolute Gasteiger partial charge is 0.328 e. The summed E-state index contributed by atoms with van der Waals surface area (Å²) in [7, 11) is 0. The highest BCUT2D eigenvalue weighted by molar-refractivity contribution is 5.84. The number of nitrogens with one attached hydrogen (secondary N) is 2. The first-order valence-electron chi connectivity index (χ1n) is 7.66. The number of oxazole rings is 1. The number of hydrogen-bond donors (Lipinski definition) is 3. The number of H-pyrrole nitrogens is 2. The van der Waals surface area contributed by atoms with Crippen LogP contribution in [0, 0.1) is 0 Å². The number of fused-ring (bicyclic) bond motifs is 1. The number of hydrogen-bond acceptors (Lipinski definition) is 6. The molecular weight excluding hydrogens is 336 g/mol. The molecule has 0 bridgehead atoms. The third kappa shape index (κ3) is 2.91. The summed E-state index contributed by atoms with van der Waals surface area (Å²) in [6.07, 6.45) is 1.18. The molecule has 2 aromatic carbocycles. The first-order chi connectivity index (χ1) is 12.6. The fourth-order valence-electron chi connectivity index (χ4n) is 2.43. The fraction of sp³-hybridized carbons (Fsp3) is 0. The van der Waals surface area contributed by atoms with Crippen molar-refractivity contribution in [2.45, 2.75) is 0 Å². The van der Waals surface area contributed by atoms with Gasteiger partial charge in [0.1, 0.15) is 11.1 Å². The van der Waals surface area contributed by atoms with E-state index in [0.29, 0.717) is 17.2 Å². The molecule has 4 aromatic rings. The summed E-state index contributed by atoms with van der Waals surface area (Å²) < 4.78 is 5.70. The van der Waals surface area contributed by atoms with Gasteiger partial charge in [0.15, 0.2) is 5.58 Å². The molecule has 4 rings (SSSR count). The number of aromatic amines is 2. The molecule has 0 saturated carbocycles. The van der Waals surface area contributed by atoms with E-state index in [2.05, 4.69) is 15.0 Å². The number of aliphatic imine (C=N–C) groups is 1. The topological polar surface area (TPSA) is 124 Å². The van der Waals surface area contributed by atoms with E-state index in [4.69, 9.17) is 4.42 Å². The molecule has 0 atom stereocenters. The minimum atomic E-state index is -0.785. The van der Waals surface area contributed by atoms with Crippen LogP contribution >= 0.6 is 0 Å². The molecule has 0 amide bonds. The third-order valence-corrected chi connectivity index (χ3v) is 3.71. The highest BCUT2D eigenvalue weighted by atomic mass is 16.3. The second-order valence-corrected chi connectivity index (χ2v) is 5.46. The number of benzene rings is 2. The molecule has 3 N–H and O–H groups in total. The van der Waals surface area contributed by atoms with Crippen LogP contribution in [-0.4, -0.2) is 26.3 Å². The first-order valence-corrected chi connectivity index (χ1v) is 7.66. The Bertz CT molecular complexity index is 1200. The Labute approximate surface area is 145 Å². The van der Waals surface area contributed by atoms with Crippen molar-refractivity contribution < 1.29 is 9.52 Å². The number of para-hydroxylation sites is 2. The van der Waals surface area contributed by atoms with Crippen LogP contribution < -0.4 is 11.2 Å². The lowest BCUT2D eigenvalue weighted by molar-refractivity contribution is 0.447. The largest absolute Gasteiger partial charge is 0.494 e. The van der Waals surface area contributed by atoms with Crippen molar-refractivity contribution in [1.29, 1.82) is 0 Å². The SMILES string of the molecule is O=c1[nH]c(O)c(C=Nc2ccc(-c3nc4ccccc4o3)cc2)c(=O)[nH]1. The second kappa shape index (κ2) is 6.17. The van der Waals surface area contributed by atoms with Crippen LogP contribution in [0.1, 0.15) is 5.56 Å². The van der Waals surface area contributed by atoms with E-state index >= 15 is 0 Å². The summed E-state index contributed by atoms with van der Waals surface area (Å²) >= 11 is 0. The van der Waals surface area contributed by atoms with Gasteiger partial charge in [-0.05, 0) is 36.4 Å². The molecule has 8 nitrogen and oxygen atoms in total. The summed E-state index contributed by atoms with van der Waals surface area (Å²) in [6, 6.07) is 14.5. The minimum absolute atomic E-state index is 0.132. The monoisotopic (exact) mass is 348 g/mol. The summed E-state index contributed by atoms with van der Waals surface area (Å²) in [5, 5.41) is 9.62. The lowest BCUT2D eigenvalue weighted by atomic mass is 10.2. The molecule has 0 aliphatic carbocycles. The minimum Gasteiger partial charge on any atom is -0.494 e. The number of nitrogens with zero attached hydrogens (tertiary/aromatic N) is 2. The van der Waals surface area contributed by atoms with Crippen LogP contribution in [-0.2, 0) is 0 Å². The standard InChI is InChI=1S/C18H12N4O4/c23-15-12(16(24)22-18(25)21-15)9-19-11-7-5-10(6-8-11)17-20-13-3-1-2-4-14(13)26-17/h1-9H,(H3,21,22,23,24,25). The van der Waals surface area contributed by atoms with Gasteiger partial charge in [-0.1, -0.05) is 12.1 Å².